The van der Waals surface area contributed by atoms with Crippen molar-refractivity contribution in [3.05, 3.63) is 87.2 Å². The third-order valence-electron chi connectivity index (χ3n) is 6.61. The van der Waals surface area contributed by atoms with E-state index in [0.717, 1.165) is 42.6 Å². The summed E-state index contributed by atoms with van der Waals surface area (Å²) in [6.45, 7) is 1.52. The van der Waals surface area contributed by atoms with E-state index in [-0.39, 0.29) is 23.8 Å². The molecule has 1 fully saturated rings. The van der Waals surface area contributed by atoms with Gasteiger partial charge >= 0.3 is 0 Å². The molecule has 0 aliphatic carbocycles. The van der Waals surface area contributed by atoms with Crippen molar-refractivity contribution < 1.29 is 14.5 Å². The second kappa shape index (κ2) is 10.7. The minimum atomic E-state index is -0.492. The van der Waals surface area contributed by atoms with E-state index in [1.54, 1.807) is 13.1 Å². The maximum absolute atomic E-state index is 12.9. The number of aromatic nitrogens is 2. The van der Waals surface area contributed by atoms with Crippen LogP contribution in [0.25, 0.3) is 22.0 Å². The second-order valence-corrected chi connectivity index (χ2v) is 9.19. The first kappa shape index (κ1) is 24.9. The third-order valence-corrected chi connectivity index (χ3v) is 6.61. The molecule has 4 aromatic rings. The van der Waals surface area contributed by atoms with Gasteiger partial charge in [-0.3, -0.25) is 19.7 Å². The first-order valence-electron chi connectivity index (χ1n) is 12.4. The Morgan fingerprint density at radius 2 is 1.74 bits per heavy atom. The highest BCUT2D eigenvalue weighted by molar-refractivity contribution is 5.99. The van der Waals surface area contributed by atoms with Crippen LogP contribution in [0.5, 0.6) is 5.75 Å². The molecule has 0 atom stereocenters. The third kappa shape index (κ3) is 5.19. The summed E-state index contributed by atoms with van der Waals surface area (Å²) < 4.78 is 6.89. The molecule has 10 nitrogen and oxygen atoms in total. The van der Waals surface area contributed by atoms with E-state index in [4.69, 9.17) is 4.74 Å². The maximum Gasteiger partial charge on any atom is 0.274 e. The number of amides is 1. The predicted octanol–water partition coefficient (Wildman–Crippen LogP) is 4.52. The molecule has 1 saturated heterocycles. The molecule has 38 heavy (non-hydrogen) atoms. The van der Waals surface area contributed by atoms with Gasteiger partial charge in [0.15, 0.2) is 6.61 Å². The minimum Gasteiger partial charge on any atom is -0.484 e. The molecule has 5 rings (SSSR count). The van der Waals surface area contributed by atoms with Gasteiger partial charge in [-0.05, 0) is 49.6 Å². The summed E-state index contributed by atoms with van der Waals surface area (Å²) in [5.41, 5.74) is 2.72. The number of nitrogens with zero attached hydrogens (tertiary/aromatic N) is 4. The number of benzene rings is 3. The number of nitrogens with one attached hydrogen (secondary N) is 1. The Hall–Kier alpha value is -4.73. The van der Waals surface area contributed by atoms with E-state index in [9.17, 15) is 19.7 Å². The van der Waals surface area contributed by atoms with E-state index in [0.29, 0.717) is 22.5 Å². The Morgan fingerprint density at radius 1 is 1.03 bits per heavy atom. The number of piperidine rings is 1. The zero-order valence-electron chi connectivity index (χ0n) is 20.9. The lowest BCUT2D eigenvalue weighted by Crippen LogP contribution is -2.31. The van der Waals surface area contributed by atoms with E-state index in [1.807, 2.05) is 36.4 Å². The van der Waals surface area contributed by atoms with Gasteiger partial charge in [-0.2, -0.15) is 5.10 Å². The highest BCUT2D eigenvalue weighted by atomic mass is 16.6. The number of hydrogen-bond acceptors (Lipinski definition) is 7. The van der Waals surface area contributed by atoms with Crippen molar-refractivity contribution in [1.82, 2.24) is 9.78 Å². The van der Waals surface area contributed by atoms with Crippen LogP contribution in [-0.2, 0) is 11.8 Å². The van der Waals surface area contributed by atoms with Crippen molar-refractivity contribution in [2.24, 2.45) is 7.05 Å². The van der Waals surface area contributed by atoms with Gasteiger partial charge in [0.25, 0.3) is 17.2 Å². The lowest BCUT2D eigenvalue weighted by molar-refractivity contribution is -0.384. The number of non-ortho nitro benzene ring substituents is 1. The zero-order chi connectivity index (χ0) is 26.6. The Balaban J connectivity index is 1.45. The maximum atomic E-state index is 12.9. The summed E-state index contributed by atoms with van der Waals surface area (Å²) in [4.78, 5) is 38.2. The number of aryl methyl sites for hydroxylation is 1. The Labute approximate surface area is 218 Å². The molecule has 194 valence electrons. The number of carbonyl (C=O) groups excluding carboxylic acids is 1. The van der Waals surface area contributed by atoms with Crippen LogP contribution in [0.3, 0.4) is 0 Å². The number of nitro groups is 1. The number of carbonyl (C=O) groups is 1. The quantitative estimate of drug-likeness (QED) is 0.285. The van der Waals surface area contributed by atoms with Gasteiger partial charge in [0.05, 0.1) is 27.4 Å². The molecule has 3 aromatic carbocycles. The molecule has 1 N–H and O–H groups in total. The van der Waals surface area contributed by atoms with Gasteiger partial charge in [0, 0.05) is 43.2 Å². The van der Waals surface area contributed by atoms with E-state index in [2.05, 4.69) is 15.3 Å². The van der Waals surface area contributed by atoms with Gasteiger partial charge in [-0.1, -0.05) is 24.3 Å². The van der Waals surface area contributed by atoms with Crippen LogP contribution in [0.2, 0.25) is 0 Å². The molecule has 0 unspecified atom stereocenters. The lowest BCUT2D eigenvalue weighted by Gasteiger charge is -2.31. The summed E-state index contributed by atoms with van der Waals surface area (Å²) in [5, 5.41) is 19.7. The van der Waals surface area contributed by atoms with Gasteiger partial charge in [0.1, 0.15) is 5.75 Å². The van der Waals surface area contributed by atoms with Gasteiger partial charge in [-0.25, -0.2) is 4.68 Å². The molecular formula is C28H27N5O5. The molecular weight excluding hydrogens is 486 g/mol. The predicted molar refractivity (Wildman–Crippen MR) is 146 cm³/mol. The van der Waals surface area contributed by atoms with Crippen LogP contribution < -0.4 is 20.5 Å². The van der Waals surface area contributed by atoms with Crippen LogP contribution in [0, 0.1) is 10.1 Å². The van der Waals surface area contributed by atoms with Crippen molar-refractivity contribution in [3.63, 3.8) is 0 Å². The molecule has 1 aromatic heterocycles. The highest BCUT2D eigenvalue weighted by Gasteiger charge is 2.19. The van der Waals surface area contributed by atoms with Crippen molar-refractivity contribution >= 4 is 33.7 Å². The fourth-order valence-electron chi connectivity index (χ4n) is 4.71. The Morgan fingerprint density at radius 3 is 2.45 bits per heavy atom. The van der Waals surface area contributed by atoms with Crippen LogP contribution >= 0.6 is 0 Å². The minimum absolute atomic E-state index is 0.0515. The zero-order valence-corrected chi connectivity index (χ0v) is 20.9. The molecule has 0 saturated carbocycles. The van der Waals surface area contributed by atoms with Crippen molar-refractivity contribution in [3.8, 4) is 17.0 Å². The van der Waals surface area contributed by atoms with Crippen molar-refractivity contribution in [2.75, 3.05) is 29.9 Å². The number of ether oxygens (including phenoxy) is 1. The van der Waals surface area contributed by atoms with E-state index < -0.39 is 4.92 Å². The van der Waals surface area contributed by atoms with Crippen LogP contribution in [-0.4, -0.2) is 40.3 Å². The van der Waals surface area contributed by atoms with Crippen molar-refractivity contribution in [1.29, 1.82) is 0 Å². The lowest BCUT2D eigenvalue weighted by atomic mass is 10.0. The van der Waals surface area contributed by atoms with Crippen LogP contribution in [0.4, 0.5) is 17.1 Å². The number of anilines is 2. The van der Waals surface area contributed by atoms with Crippen LogP contribution in [0.1, 0.15) is 19.3 Å². The summed E-state index contributed by atoms with van der Waals surface area (Å²) in [5.74, 6) is -0.00586. The van der Waals surface area contributed by atoms with E-state index in [1.165, 1.54) is 35.4 Å². The van der Waals surface area contributed by atoms with Crippen LogP contribution in [0.15, 0.2) is 71.5 Å². The molecule has 2 heterocycles. The fraction of sp³-hybridized carbons (Fsp3) is 0.250. The number of rotatable bonds is 7. The average molecular weight is 514 g/mol. The number of hydrogen-bond donors (Lipinski definition) is 1. The topological polar surface area (TPSA) is 120 Å². The normalized spacial score (nSPS) is 13.3. The first-order chi connectivity index (χ1) is 18.4. The smallest absolute Gasteiger partial charge is 0.274 e. The first-order valence-corrected chi connectivity index (χ1v) is 12.4. The SMILES string of the molecule is Cn1nc(-c2ccc(N3CCCCC3)c(NC(=O)COc3ccc([N+](=O)[O-])cc3)c2)c2ccccc2c1=O. The molecule has 1 amide bonds. The highest BCUT2D eigenvalue weighted by Crippen LogP contribution is 2.34. The Bertz CT molecular complexity index is 1560. The monoisotopic (exact) mass is 513 g/mol. The summed E-state index contributed by atoms with van der Waals surface area (Å²) in [6.07, 6.45) is 3.32. The molecule has 1 aliphatic heterocycles. The van der Waals surface area contributed by atoms with Gasteiger partial charge in [0.2, 0.25) is 0 Å². The largest absolute Gasteiger partial charge is 0.484 e. The molecule has 0 spiro atoms. The van der Waals surface area contributed by atoms with Crippen molar-refractivity contribution in [2.45, 2.75) is 19.3 Å². The van der Waals surface area contributed by atoms with E-state index >= 15 is 0 Å². The Kier molecular flexibility index (Phi) is 7.03. The summed E-state index contributed by atoms with van der Waals surface area (Å²) in [6, 6.07) is 18.7. The van der Waals surface area contributed by atoms with Gasteiger partial charge < -0.3 is 15.0 Å². The fourth-order valence-corrected chi connectivity index (χ4v) is 4.71. The standard InChI is InChI=1S/C28H27N5O5/c1-31-28(35)23-8-4-3-7-22(23)27(30-31)19-9-14-25(32-15-5-2-6-16-32)24(17-19)29-26(34)18-38-21-12-10-20(11-13-21)33(36)37/h3-4,7-14,17H,2,5-6,15-16,18H2,1H3,(H,29,34). The second-order valence-electron chi connectivity index (χ2n) is 9.19. The summed E-state index contributed by atoms with van der Waals surface area (Å²) in [7, 11) is 1.62. The number of nitro benzene ring substituents is 1. The molecule has 0 bridgehead atoms. The van der Waals surface area contributed by atoms with Gasteiger partial charge in [-0.15, -0.1) is 0 Å². The molecule has 1 aliphatic rings. The molecule has 10 heteroatoms. The number of fused-ring (bicyclic) bond motifs is 1. The summed E-state index contributed by atoms with van der Waals surface area (Å²) >= 11 is 0. The molecule has 0 radical (unpaired) electrons. The average Bonchev–Trinajstić information content (AvgIpc) is 2.94.